The molecule has 4 nitrogen and oxygen atoms in total. The van der Waals surface area contributed by atoms with E-state index in [1.807, 2.05) is 13.5 Å². The van der Waals surface area contributed by atoms with Crippen molar-refractivity contribution in [3.8, 4) is 0 Å². The van der Waals surface area contributed by atoms with E-state index in [-0.39, 0.29) is 12.1 Å². The summed E-state index contributed by atoms with van der Waals surface area (Å²) in [6.07, 6.45) is 3.72. The molecule has 0 N–H and O–H groups in total. The van der Waals surface area contributed by atoms with Crippen LogP contribution in [0.15, 0.2) is 12.7 Å². The molecule has 1 atom stereocenters. The third kappa shape index (κ3) is 8.18. The van der Waals surface area contributed by atoms with E-state index in [4.69, 9.17) is 13.6 Å². The van der Waals surface area contributed by atoms with Gasteiger partial charge in [-0.05, 0) is 25.8 Å². The number of carbonyl (C=O) groups excluding carboxylic acids is 1. The van der Waals surface area contributed by atoms with Crippen molar-refractivity contribution >= 4 is 14.5 Å². The highest BCUT2D eigenvalue weighted by Gasteiger charge is 2.35. The molecule has 0 bridgehead atoms. The highest BCUT2D eigenvalue weighted by Crippen LogP contribution is 2.20. The average molecular weight is 288 g/mol. The maximum atomic E-state index is 11.3. The van der Waals surface area contributed by atoms with Crippen molar-refractivity contribution in [3.05, 3.63) is 12.7 Å². The summed E-state index contributed by atoms with van der Waals surface area (Å²) in [6, 6.07) is 0.670. The number of carbonyl (C=O) groups is 1. The van der Waals surface area contributed by atoms with Gasteiger partial charge in [0.05, 0.1) is 0 Å². The van der Waals surface area contributed by atoms with Gasteiger partial charge < -0.3 is 13.6 Å². The van der Waals surface area contributed by atoms with Gasteiger partial charge in [0.1, 0.15) is 6.10 Å². The molecule has 0 aromatic rings. The van der Waals surface area contributed by atoms with Crippen LogP contribution in [-0.2, 0) is 18.4 Å². The lowest BCUT2D eigenvalue weighted by Gasteiger charge is -2.30. The Balaban J connectivity index is 4.55. The van der Waals surface area contributed by atoms with E-state index in [1.165, 1.54) is 6.08 Å². The Labute approximate surface area is 118 Å². The van der Waals surface area contributed by atoms with Crippen LogP contribution in [0.1, 0.15) is 40.0 Å². The number of rotatable bonds is 11. The first-order chi connectivity index (χ1) is 9.01. The molecular formula is C14H28O4Si. The summed E-state index contributed by atoms with van der Waals surface area (Å²) in [5.74, 6) is -0.380. The molecule has 0 aliphatic carbocycles. The van der Waals surface area contributed by atoms with Gasteiger partial charge in [0.2, 0.25) is 0 Å². The van der Waals surface area contributed by atoms with Gasteiger partial charge in [-0.15, -0.1) is 0 Å². The van der Waals surface area contributed by atoms with Crippen molar-refractivity contribution in [1.82, 2.24) is 0 Å². The van der Waals surface area contributed by atoms with Gasteiger partial charge in [-0.3, -0.25) is 0 Å². The summed E-state index contributed by atoms with van der Waals surface area (Å²) in [6.45, 7) is 13.0. The van der Waals surface area contributed by atoms with E-state index in [0.29, 0.717) is 19.3 Å². The van der Waals surface area contributed by atoms with Gasteiger partial charge in [-0.2, -0.15) is 0 Å². The number of hydrogen-bond donors (Lipinski definition) is 0. The molecule has 0 spiro atoms. The van der Waals surface area contributed by atoms with Crippen molar-refractivity contribution in [3.63, 3.8) is 0 Å². The second-order valence-electron chi connectivity index (χ2n) is 4.71. The number of esters is 1. The molecule has 5 heteroatoms. The fraction of sp³-hybridized carbons (Fsp3) is 0.786. The summed E-state index contributed by atoms with van der Waals surface area (Å²) in [5, 5.41) is 0. The van der Waals surface area contributed by atoms with Crippen molar-refractivity contribution < 1.29 is 18.4 Å². The molecule has 0 saturated carbocycles. The molecule has 0 saturated heterocycles. The molecule has 0 amide bonds. The van der Waals surface area contributed by atoms with E-state index in [2.05, 4.69) is 20.4 Å². The minimum atomic E-state index is -2.27. The SMILES string of the molecule is C=CC(=O)OC(CC)C[Si](C)(OCCC)OCCC. The van der Waals surface area contributed by atoms with Gasteiger partial charge in [-0.1, -0.05) is 27.4 Å². The molecule has 0 fully saturated rings. The molecule has 112 valence electrons. The predicted molar refractivity (Wildman–Crippen MR) is 79.3 cm³/mol. The monoisotopic (exact) mass is 288 g/mol. The lowest BCUT2D eigenvalue weighted by atomic mass is 10.3. The summed E-state index contributed by atoms with van der Waals surface area (Å²) < 4.78 is 17.2. The van der Waals surface area contributed by atoms with Crippen LogP contribution in [0.3, 0.4) is 0 Å². The number of hydrogen-bond acceptors (Lipinski definition) is 4. The van der Waals surface area contributed by atoms with Crippen LogP contribution < -0.4 is 0 Å². The molecule has 0 aromatic heterocycles. The van der Waals surface area contributed by atoms with E-state index < -0.39 is 8.56 Å². The van der Waals surface area contributed by atoms with Crippen molar-refractivity contribution in [2.24, 2.45) is 0 Å². The Morgan fingerprint density at radius 3 is 2.11 bits per heavy atom. The molecular weight excluding hydrogens is 260 g/mol. The van der Waals surface area contributed by atoms with Crippen LogP contribution in [0.2, 0.25) is 12.6 Å². The van der Waals surface area contributed by atoms with Gasteiger partial charge in [0.25, 0.3) is 0 Å². The highest BCUT2D eigenvalue weighted by atomic mass is 28.4. The Kier molecular flexibility index (Phi) is 9.82. The fourth-order valence-electron chi connectivity index (χ4n) is 1.69. The fourth-order valence-corrected chi connectivity index (χ4v) is 4.48. The molecule has 19 heavy (non-hydrogen) atoms. The Bertz CT molecular complexity index is 260. The Hall–Kier alpha value is -0.653. The molecule has 0 heterocycles. The maximum Gasteiger partial charge on any atom is 0.338 e. The smallest absolute Gasteiger partial charge is 0.338 e. The van der Waals surface area contributed by atoms with Crippen LogP contribution in [0.5, 0.6) is 0 Å². The largest absolute Gasteiger partial charge is 0.459 e. The summed E-state index contributed by atoms with van der Waals surface area (Å²) in [5.41, 5.74) is 0. The second-order valence-corrected chi connectivity index (χ2v) is 7.96. The zero-order valence-electron chi connectivity index (χ0n) is 12.7. The van der Waals surface area contributed by atoms with Gasteiger partial charge in [0, 0.05) is 25.3 Å². The van der Waals surface area contributed by atoms with Crippen LogP contribution in [-0.4, -0.2) is 33.8 Å². The van der Waals surface area contributed by atoms with Crippen LogP contribution in [0.4, 0.5) is 0 Å². The van der Waals surface area contributed by atoms with E-state index in [9.17, 15) is 4.79 Å². The lowest BCUT2D eigenvalue weighted by Crippen LogP contribution is -2.43. The standard InChI is InChI=1S/C14H28O4Si/c1-6-10-16-19(5,17-11-7-2)12-13(8-3)18-14(15)9-4/h9,13H,4,6-8,10-12H2,1-3,5H3. The first-order valence-corrected chi connectivity index (χ1v) is 9.64. The third-order valence-electron chi connectivity index (χ3n) is 2.73. The summed E-state index contributed by atoms with van der Waals surface area (Å²) in [7, 11) is -2.27. The highest BCUT2D eigenvalue weighted by molar-refractivity contribution is 6.66. The maximum absolute atomic E-state index is 11.3. The molecule has 0 rings (SSSR count). The van der Waals surface area contributed by atoms with E-state index in [0.717, 1.165) is 19.3 Å². The van der Waals surface area contributed by atoms with Crippen LogP contribution in [0.25, 0.3) is 0 Å². The lowest BCUT2D eigenvalue weighted by molar-refractivity contribution is -0.142. The Morgan fingerprint density at radius 1 is 1.21 bits per heavy atom. The molecule has 0 aliphatic heterocycles. The topological polar surface area (TPSA) is 44.8 Å². The first-order valence-electron chi connectivity index (χ1n) is 7.12. The third-order valence-corrected chi connectivity index (χ3v) is 5.55. The van der Waals surface area contributed by atoms with Gasteiger partial charge >= 0.3 is 14.5 Å². The first kappa shape index (κ1) is 18.3. The Morgan fingerprint density at radius 2 is 1.74 bits per heavy atom. The normalized spacial score (nSPS) is 13.1. The van der Waals surface area contributed by atoms with Gasteiger partial charge in [-0.25, -0.2) is 4.79 Å². The van der Waals surface area contributed by atoms with Crippen molar-refractivity contribution in [2.75, 3.05) is 13.2 Å². The average Bonchev–Trinajstić information content (AvgIpc) is 2.42. The number of ether oxygens (including phenoxy) is 1. The quantitative estimate of drug-likeness (QED) is 0.332. The molecule has 0 aromatic carbocycles. The van der Waals surface area contributed by atoms with E-state index in [1.54, 1.807) is 0 Å². The van der Waals surface area contributed by atoms with Crippen LogP contribution >= 0.6 is 0 Å². The summed E-state index contributed by atoms with van der Waals surface area (Å²) in [4.78, 5) is 11.3. The predicted octanol–water partition coefficient (Wildman–Crippen LogP) is 3.42. The molecule has 1 unspecified atom stereocenters. The van der Waals surface area contributed by atoms with E-state index >= 15 is 0 Å². The minimum absolute atomic E-state index is 0.157. The summed E-state index contributed by atoms with van der Waals surface area (Å²) >= 11 is 0. The van der Waals surface area contributed by atoms with Crippen LogP contribution in [0, 0.1) is 0 Å². The zero-order chi connectivity index (χ0) is 14.7. The van der Waals surface area contributed by atoms with Crippen molar-refractivity contribution in [2.45, 2.75) is 58.7 Å². The van der Waals surface area contributed by atoms with Crippen molar-refractivity contribution in [1.29, 1.82) is 0 Å². The van der Waals surface area contributed by atoms with Gasteiger partial charge in [0.15, 0.2) is 0 Å². The molecule has 0 aliphatic rings. The zero-order valence-corrected chi connectivity index (χ0v) is 13.7. The second kappa shape index (κ2) is 10.2. The molecule has 0 radical (unpaired) electrons. The minimum Gasteiger partial charge on any atom is -0.459 e.